The molecule has 0 atom stereocenters. The summed E-state index contributed by atoms with van der Waals surface area (Å²) in [7, 11) is -3.74. The summed E-state index contributed by atoms with van der Waals surface area (Å²) in [6, 6.07) is 12.6. The Bertz CT molecular complexity index is 1360. The Hall–Kier alpha value is -3.92. The first-order valence-corrected chi connectivity index (χ1v) is 12.4. The van der Waals surface area contributed by atoms with Crippen LogP contribution in [0.25, 0.3) is 0 Å². The number of carbonyl (C=O) groups is 1. The molecule has 0 aliphatic rings. The smallest absolute Gasteiger partial charge is 0.276 e. The molecule has 9 nitrogen and oxygen atoms in total. The van der Waals surface area contributed by atoms with Gasteiger partial charge >= 0.3 is 0 Å². The minimum Gasteiger partial charge on any atom is -0.467 e. The Balaban J connectivity index is 1.77. The maximum absolute atomic E-state index is 13.3. The first-order chi connectivity index (χ1) is 16.2. The van der Waals surface area contributed by atoms with Crippen LogP contribution in [0.5, 0.6) is 0 Å². The third-order valence-corrected chi connectivity index (χ3v) is 6.11. The van der Waals surface area contributed by atoms with Crippen molar-refractivity contribution in [1.82, 2.24) is 9.97 Å². The van der Waals surface area contributed by atoms with Gasteiger partial charge in [0.25, 0.3) is 5.91 Å². The number of aryl methyl sites for hydroxylation is 2. The number of anilines is 2. The summed E-state index contributed by atoms with van der Waals surface area (Å²) in [6.45, 7) is 4.47. The van der Waals surface area contributed by atoms with E-state index >= 15 is 0 Å². The second-order valence-corrected chi connectivity index (χ2v) is 9.84. The van der Waals surface area contributed by atoms with Crippen molar-refractivity contribution in [2.24, 2.45) is 0 Å². The molecule has 1 amide bonds. The van der Waals surface area contributed by atoms with Crippen molar-refractivity contribution in [3.8, 4) is 0 Å². The molecule has 1 aromatic carbocycles. The Kier molecular flexibility index (Phi) is 6.51. The third kappa shape index (κ3) is 5.34. The van der Waals surface area contributed by atoms with Gasteiger partial charge in [-0.3, -0.25) is 4.79 Å². The van der Waals surface area contributed by atoms with Gasteiger partial charge in [0, 0.05) is 11.9 Å². The number of hydrogen-bond acceptors (Lipinski definition) is 8. The Labute approximate surface area is 197 Å². The van der Waals surface area contributed by atoms with Crippen LogP contribution in [0.4, 0.5) is 11.4 Å². The number of hydrogen-bond donors (Lipinski definition) is 1. The monoisotopic (exact) mass is 480 g/mol. The van der Waals surface area contributed by atoms with Crippen LogP contribution in [0, 0.1) is 13.8 Å². The second kappa shape index (κ2) is 9.52. The summed E-state index contributed by atoms with van der Waals surface area (Å²) in [6.07, 6.45) is 5.44. The largest absolute Gasteiger partial charge is 0.467 e. The number of rotatable bonds is 8. The van der Waals surface area contributed by atoms with Gasteiger partial charge in [0.2, 0.25) is 15.0 Å². The minimum absolute atomic E-state index is 0.0771. The molecule has 0 bridgehead atoms. The summed E-state index contributed by atoms with van der Waals surface area (Å²) < 4.78 is 35.3. The maximum atomic E-state index is 13.3. The zero-order chi connectivity index (χ0) is 24.3. The van der Waals surface area contributed by atoms with Gasteiger partial charge in [-0.15, -0.1) is 0 Å². The van der Waals surface area contributed by atoms with E-state index in [0.29, 0.717) is 22.9 Å². The first kappa shape index (κ1) is 23.2. The van der Waals surface area contributed by atoms with Crippen molar-refractivity contribution >= 4 is 27.1 Å². The van der Waals surface area contributed by atoms with Gasteiger partial charge in [-0.1, -0.05) is 6.07 Å². The molecule has 0 aliphatic carbocycles. The summed E-state index contributed by atoms with van der Waals surface area (Å²) in [5.41, 5.74) is 2.92. The van der Waals surface area contributed by atoms with E-state index in [4.69, 9.17) is 8.83 Å². The molecule has 4 aromatic rings. The quantitative estimate of drug-likeness (QED) is 0.374. The van der Waals surface area contributed by atoms with E-state index in [9.17, 15) is 13.2 Å². The standard InChI is InChI=1S/C24H24N4O5S/c1-16-8-9-18(12-17(16)2)26-23(29)22-21(13-25-24(27-22)34(3,30)31)28(14-19-6-4-10-32-19)15-20-7-5-11-33-20/h4-13H,14-15H2,1-3H3,(H,26,29). The summed E-state index contributed by atoms with van der Waals surface area (Å²) in [5, 5.41) is 2.39. The zero-order valence-electron chi connectivity index (χ0n) is 19.0. The molecule has 0 spiro atoms. The second-order valence-electron chi connectivity index (χ2n) is 7.93. The number of furan rings is 2. The van der Waals surface area contributed by atoms with Gasteiger partial charge < -0.3 is 19.1 Å². The van der Waals surface area contributed by atoms with Gasteiger partial charge in [-0.25, -0.2) is 18.4 Å². The molecule has 34 heavy (non-hydrogen) atoms. The lowest BCUT2D eigenvalue weighted by Gasteiger charge is -2.24. The van der Waals surface area contributed by atoms with E-state index < -0.39 is 20.9 Å². The fraction of sp³-hybridized carbons (Fsp3) is 0.208. The van der Waals surface area contributed by atoms with Crippen molar-refractivity contribution in [3.05, 3.63) is 89.5 Å². The summed E-state index contributed by atoms with van der Waals surface area (Å²) in [5.74, 6) is 0.716. The van der Waals surface area contributed by atoms with Gasteiger partial charge in [-0.2, -0.15) is 0 Å². The topological polar surface area (TPSA) is 119 Å². The lowest BCUT2D eigenvalue weighted by molar-refractivity contribution is 0.102. The molecule has 0 radical (unpaired) electrons. The van der Waals surface area contributed by atoms with Crippen LogP contribution in [0.1, 0.15) is 33.1 Å². The van der Waals surface area contributed by atoms with Crippen LogP contribution in [0.2, 0.25) is 0 Å². The highest BCUT2D eigenvalue weighted by molar-refractivity contribution is 7.90. The third-order valence-electron chi connectivity index (χ3n) is 5.25. The number of carbonyl (C=O) groups excluding carboxylic acids is 1. The van der Waals surface area contributed by atoms with Crippen LogP contribution in [0.15, 0.2) is 75.2 Å². The molecule has 10 heteroatoms. The zero-order valence-corrected chi connectivity index (χ0v) is 19.8. The van der Waals surface area contributed by atoms with E-state index in [0.717, 1.165) is 17.4 Å². The van der Waals surface area contributed by atoms with Gasteiger partial charge in [0.15, 0.2) is 5.69 Å². The van der Waals surface area contributed by atoms with Crippen molar-refractivity contribution in [2.45, 2.75) is 32.1 Å². The van der Waals surface area contributed by atoms with E-state index in [1.54, 1.807) is 47.8 Å². The average molecular weight is 481 g/mol. The molecule has 0 aliphatic heterocycles. The molecule has 4 rings (SSSR count). The minimum atomic E-state index is -3.74. The Morgan fingerprint density at radius 2 is 1.65 bits per heavy atom. The normalized spacial score (nSPS) is 11.4. The fourth-order valence-electron chi connectivity index (χ4n) is 3.35. The van der Waals surface area contributed by atoms with Crippen LogP contribution in [-0.2, 0) is 22.9 Å². The van der Waals surface area contributed by atoms with Crippen molar-refractivity contribution in [2.75, 3.05) is 16.5 Å². The van der Waals surface area contributed by atoms with E-state index in [-0.39, 0.29) is 18.8 Å². The molecule has 0 fully saturated rings. The van der Waals surface area contributed by atoms with E-state index in [1.165, 1.54) is 6.20 Å². The Morgan fingerprint density at radius 1 is 1.00 bits per heavy atom. The van der Waals surface area contributed by atoms with Gasteiger partial charge in [0.05, 0.1) is 37.5 Å². The van der Waals surface area contributed by atoms with Crippen molar-refractivity contribution in [3.63, 3.8) is 0 Å². The number of amides is 1. The van der Waals surface area contributed by atoms with Crippen molar-refractivity contribution in [1.29, 1.82) is 0 Å². The number of sulfone groups is 1. The number of aromatic nitrogens is 2. The van der Waals surface area contributed by atoms with Gasteiger partial charge in [0.1, 0.15) is 11.5 Å². The van der Waals surface area contributed by atoms with Crippen LogP contribution >= 0.6 is 0 Å². The molecule has 0 saturated heterocycles. The maximum Gasteiger partial charge on any atom is 0.276 e. The summed E-state index contributed by atoms with van der Waals surface area (Å²) >= 11 is 0. The van der Waals surface area contributed by atoms with Crippen LogP contribution in [-0.4, -0.2) is 30.5 Å². The summed E-state index contributed by atoms with van der Waals surface area (Å²) in [4.78, 5) is 23.3. The Morgan fingerprint density at radius 3 is 2.18 bits per heavy atom. The molecule has 1 N–H and O–H groups in total. The van der Waals surface area contributed by atoms with E-state index in [2.05, 4.69) is 15.3 Å². The number of benzene rings is 1. The van der Waals surface area contributed by atoms with E-state index in [1.807, 2.05) is 26.0 Å². The average Bonchev–Trinajstić information content (AvgIpc) is 3.49. The molecular weight excluding hydrogens is 456 g/mol. The SMILES string of the molecule is Cc1ccc(NC(=O)c2nc(S(C)(=O)=O)ncc2N(Cc2ccco2)Cc2ccco2)cc1C. The fourth-order valence-corrected chi connectivity index (χ4v) is 3.85. The lowest BCUT2D eigenvalue weighted by Crippen LogP contribution is -2.27. The van der Waals surface area contributed by atoms with Crippen LogP contribution < -0.4 is 10.2 Å². The molecule has 176 valence electrons. The van der Waals surface area contributed by atoms with Crippen molar-refractivity contribution < 1.29 is 22.0 Å². The highest BCUT2D eigenvalue weighted by atomic mass is 32.2. The number of nitrogens with zero attached hydrogens (tertiary/aromatic N) is 3. The first-order valence-electron chi connectivity index (χ1n) is 10.5. The molecule has 3 aromatic heterocycles. The predicted octanol–water partition coefficient (Wildman–Crippen LogP) is 4.14. The van der Waals surface area contributed by atoms with Crippen LogP contribution in [0.3, 0.4) is 0 Å². The highest BCUT2D eigenvalue weighted by Gasteiger charge is 2.24. The molecule has 3 heterocycles. The number of nitrogens with one attached hydrogen (secondary N) is 1. The molecule has 0 unspecified atom stereocenters. The van der Waals surface area contributed by atoms with Gasteiger partial charge in [-0.05, 0) is 61.4 Å². The highest BCUT2D eigenvalue weighted by Crippen LogP contribution is 2.26. The predicted molar refractivity (Wildman–Crippen MR) is 126 cm³/mol. The lowest BCUT2D eigenvalue weighted by atomic mass is 10.1. The molecule has 0 saturated carbocycles. The molecular formula is C24H24N4O5S.